The Labute approximate surface area is 88.1 Å². The van der Waals surface area contributed by atoms with Crippen LogP contribution < -0.4 is 11.1 Å². The second kappa shape index (κ2) is 3.93. The van der Waals surface area contributed by atoms with Crippen molar-refractivity contribution < 1.29 is 8.78 Å². The van der Waals surface area contributed by atoms with Gasteiger partial charge in [-0.05, 0) is 11.4 Å². The predicted molar refractivity (Wildman–Crippen MR) is 56.3 cm³/mol. The summed E-state index contributed by atoms with van der Waals surface area (Å²) in [4.78, 5) is 8.55. The molecule has 0 radical (unpaired) electrons. The highest BCUT2D eigenvalue weighted by Crippen LogP contribution is 2.25. The molecule has 0 aliphatic rings. The van der Waals surface area contributed by atoms with Gasteiger partial charge in [-0.15, -0.1) is 11.3 Å². The highest BCUT2D eigenvalue weighted by molar-refractivity contribution is 7.16. The van der Waals surface area contributed by atoms with Crippen LogP contribution in [0, 0.1) is 0 Å². The molecule has 0 saturated heterocycles. The van der Waals surface area contributed by atoms with E-state index < -0.39 is 13.0 Å². The topological polar surface area (TPSA) is 63.8 Å². The predicted octanol–water partition coefficient (Wildman–Crippen LogP) is 1.95. The van der Waals surface area contributed by atoms with E-state index in [0.29, 0.717) is 10.6 Å². The molecule has 0 aliphatic heterocycles. The summed E-state index contributed by atoms with van der Waals surface area (Å²) >= 11 is 1.39. The molecule has 0 spiro atoms. The molecule has 3 N–H and O–H groups in total. The lowest BCUT2D eigenvalue weighted by Gasteiger charge is -2.06. The lowest BCUT2D eigenvalue weighted by atomic mass is 10.4. The Kier molecular flexibility index (Phi) is 2.63. The quantitative estimate of drug-likeness (QED) is 0.845. The maximum Gasteiger partial charge on any atom is 0.255 e. The van der Waals surface area contributed by atoms with Crippen LogP contribution >= 0.6 is 11.3 Å². The molecular weight excluding hydrogens is 222 g/mol. The van der Waals surface area contributed by atoms with Gasteiger partial charge in [0.2, 0.25) is 5.95 Å². The van der Waals surface area contributed by atoms with Crippen LogP contribution in [0.3, 0.4) is 0 Å². The van der Waals surface area contributed by atoms with Crippen LogP contribution in [0.5, 0.6) is 0 Å². The summed E-state index contributed by atoms with van der Waals surface area (Å²) in [6, 6.07) is 1.77. The summed E-state index contributed by atoms with van der Waals surface area (Å²) in [5.74, 6) is 0.445. The zero-order chi connectivity index (χ0) is 10.8. The monoisotopic (exact) mass is 230 g/mol. The van der Waals surface area contributed by atoms with E-state index in [-0.39, 0.29) is 5.95 Å². The van der Waals surface area contributed by atoms with E-state index in [9.17, 15) is 8.78 Å². The summed E-state index contributed by atoms with van der Waals surface area (Å²) in [5.41, 5.74) is 5.45. The van der Waals surface area contributed by atoms with Gasteiger partial charge in [0, 0.05) is 0 Å². The highest BCUT2D eigenvalue weighted by atomic mass is 32.1. The number of nitrogen functional groups attached to an aromatic ring is 1. The smallest absolute Gasteiger partial charge is 0.255 e. The van der Waals surface area contributed by atoms with E-state index in [2.05, 4.69) is 15.3 Å². The van der Waals surface area contributed by atoms with E-state index in [1.807, 2.05) is 5.38 Å². The van der Waals surface area contributed by atoms with Crippen molar-refractivity contribution in [2.24, 2.45) is 0 Å². The number of alkyl halides is 2. The van der Waals surface area contributed by atoms with Gasteiger partial charge in [0.1, 0.15) is 10.6 Å². The summed E-state index contributed by atoms with van der Waals surface area (Å²) in [5, 5.41) is 5.07. The van der Waals surface area contributed by atoms with Crippen LogP contribution in [-0.2, 0) is 0 Å². The number of nitrogens with zero attached hydrogens (tertiary/aromatic N) is 2. The lowest BCUT2D eigenvalue weighted by molar-refractivity contribution is 0.163. The first-order valence-electron chi connectivity index (χ1n) is 4.19. The van der Waals surface area contributed by atoms with Crippen molar-refractivity contribution in [2.75, 3.05) is 17.6 Å². The number of halogens is 2. The maximum atomic E-state index is 12.0. The number of hydrogen-bond donors (Lipinski definition) is 2. The number of fused-ring (bicyclic) bond motifs is 1. The fourth-order valence-electron chi connectivity index (χ4n) is 1.18. The Morgan fingerprint density at radius 3 is 3.00 bits per heavy atom. The van der Waals surface area contributed by atoms with Crippen LogP contribution in [0.25, 0.3) is 10.2 Å². The largest absolute Gasteiger partial charge is 0.368 e. The van der Waals surface area contributed by atoms with Gasteiger partial charge < -0.3 is 11.1 Å². The normalized spacial score (nSPS) is 11.1. The molecule has 0 unspecified atom stereocenters. The van der Waals surface area contributed by atoms with E-state index in [1.165, 1.54) is 11.3 Å². The molecule has 2 rings (SSSR count). The molecule has 0 saturated carbocycles. The molecule has 0 atom stereocenters. The second-order valence-electron chi connectivity index (χ2n) is 2.84. The molecular formula is C8H8F2N4S. The van der Waals surface area contributed by atoms with Crippen LogP contribution in [0.4, 0.5) is 20.5 Å². The van der Waals surface area contributed by atoms with Crippen LogP contribution in [-0.4, -0.2) is 22.9 Å². The Bertz CT molecular complexity index is 471. The lowest BCUT2D eigenvalue weighted by Crippen LogP contribution is -2.12. The Balaban J connectivity index is 2.35. The molecule has 0 bridgehead atoms. The van der Waals surface area contributed by atoms with Crippen LogP contribution in [0.2, 0.25) is 0 Å². The molecule has 0 aromatic carbocycles. The third-order valence-corrected chi connectivity index (χ3v) is 2.57. The van der Waals surface area contributed by atoms with E-state index in [4.69, 9.17) is 5.73 Å². The SMILES string of the molecule is Nc1nc(NCC(F)F)c2ccsc2n1. The van der Waals surface area contributed by atoms with Gasteiger partial charge >= 0.3 is 0 Å². The second-order valence-corrected chi connectivity index (χ2v) is 3.74. The first-order valence-corrected chi connectivity index (χ1v) is 5.07. The zero-order valence-corrected chi connectivity index (χ0v) is 8.39. The van der Waals surface area contributed by atoms with Crippen LogP contribution in [0.1, 0.15) is 0 Å². The third kappa shape index (κ3) is 2.12. The number of aromatic nitrogens is 2. The molecule has 80 valence electrons. The van der Waals surface area contributed by atoms with Gasteiger partial charge in [-0.3, -0.25) is 0 Å². The van der Waals surface area contributed by atoms with Crippen LogP contribution in [0.15, 0.2) is 11.4 Å². The van der Waals surface area contributed by atoms with Crippen molar-refractivity contribution in [3.8, 4) is 0 Å². The third-order valence-electron chi connectivity index (χ3n) is 1.77. The summed E-state index contributed by atoms with van der Waals surface area (Å²) in [6.45, 7) is -0.443. The molecule has 0 fully saturated rings. The molecule has 4 nitrogen and oxygen atoms in total. The van der Waals surface area contributed by atoms with E-state index >= 15 is 0 Å². The first kappa shape index (κ1) is 10.0. The van der Waals surface area contributed by atoms with Crippen molar-refractivity contribution in [1.82, 2.24) is 9.97 Å². The fraction of sp³-hybridized carbons (Fsp3) is 0.250. The number of rotatable bonds is 3. The standard InChI is InChI=1S/C8H8F2N4S/c9-5(10)3-12-6-4-1-2-15-7(4)14-8(11)13-6/h1-2,5H,3H2,(H3,11,12,13,14). The summed E-state index contributed by atoms with van der Waals surface area (Å²) in [7, 11) is 0. The Hall–Kier alpha value is -1.50. The average Bonchev–Trinajstić information content (AvgIpc) is 2.61. The van der Waals surface area contributed by atoms with Crippen molar-refractivity contribution in [1.29, 1.82) is 0 Å². The number of thiophene rings is 1. The number of nitrogens with two attached hydrogens (primary N) is 1. The molecule has 0 aliphatic carbocycles. The summed E-state index contributed by atoms with van der Waals surface area (Å²) < 4.78 is 24.0. The van der Waals surface area contributed by atoms with Crippen molar-refractivity contribution in [3.05, 3.63) is 11.4 Å². The minimum Gasteiger partial charge on any atom is -0.368 e. The van der Waals surface area contributed by atoms with Crippen molar-refractivity contribution in [3.63, 3.8) is 0 Å². The molecule has 15 heavy (non-hydrogen) atoms. The van der Waals surface area contributed by atoms with Crippen molar-refractivity contribution >= 4 is 33.3 Å². The number of nitrogens with one attached hydrogen (secondary N) is 1. The molecule has 2 heterocycles. The van der Waals surface area contributed by atoms with E-state index in [0.717, 1.165) is 5.39 Å². The minimum atomic E-state index is -2.42. The van der Waals surface area contributed by atoms with Gasteiger partial charge in [-0.25, -0.2) is 13.8 Å². The first-order chi connectivity index (χ1) is 7.16. The summed E-state index contributed by atoms with van der Waals surface area (Å²) in [6.07, 6.45) is -2.42. The van der Waals surface area contributed by atoms with E-state index in [1.54, 1.807) is 6.07 Å². The van der Waals surface area contributed by atoms with Gasteiger partial charge in [0.05, 0.1) is 11.9 Å². The Morgan fingerprint density at radius 2 is 2.27 bits per heavy atom. The molecule has 0 amide bonds. The molecule has 7 heteroatoms. The fourth-order valence-corrected chi connectivity index (χ4v) is 1.95. The zero-order valence-electron chi connectivity index (χ0n) is 7.58. The Morgan fingerprint density at radius 1 is 1.47 bits per heavy atom. The maximum absolute atomic E-state index is 12.0. The van der Waals surface area contributed by atoms with Gasteiger partial charge in [0.15, 0.2) is 0 Å². The average molecular weight is 230 g/mol. The van der Waals surface area contributed by atoms with Gasteiger partial charge in [0.25, 0.3) is 6.43 Å². The van der Waals surface area contributed by atoms with Gasteiger partial charge in [-0.1, -0.05) is 0 Å². The number of anilines is 2. The molecule has 2 aromatic heterocycles. The number of hydrogen-bond acceptors (Lipinski definition) is 5. The minimum absolute atomic E-state index is 0.0849. The molecule has 2 aromatic rings. The van der Waals surface area contributed by atoms with Crippen molar-refractivity contribution in [2.45, 2.75) is 6.43 Å². The highest BCUT2D eigenvalue weighted by Gasteiger charge is 2.09. The van der Waals surface area contributed by atoms with Gasteiger partial charge in [-0.2, -0.15) is 4.98 Å².